The number of guanidine groups is 2. The van der Waals surface area contributed by atoms with E-state index in [9.17, 15) is 66.2 Å². The number of carboxylic acids is 2. The highest BCUT2D eigenvalue weighted by Gasteiger charge is 2.39. The number of aromatic nitrogens is 3. The maximum atomic E-state index is 14.7. The molecule has 8 atom stereocenters. The summed E-state index contributed by atoms with van der Waals surface area (Å²) in [5.41, 5.74) is 30.1. The number of carbonyl (C=O) groups excluding carboxylic acids is 9. The van der Waals surface area contributed by atoms with Gasteiger partial charge in [-0.25, -0.2) is 9.78 Å². The van der Waals surface area contributed by atoms with Crippen LogP contribution in [0.2, 0.25) is 0 Å². The molecule has 0 spiro atoms. The number of hydrogen-bond donors (Lipinski definition) is 17. The van der Waals surface area contributed by atoms with Crippen LogP contribution in [0.25, 0.3) is 10.9 Å². The van der Waals surface area contributed by atoms with Gasteiger partial charge in [0.15, 0.2) is 11.9 Å². The smallest absolute Gasteiger partial charge is 0.481 e. The topological polar surface area (TPSA) is 524 Å². The number of nitrogens with zero attached hydrogens (tertiary/aromatic N) is 3. The summed E-state index contributed by atoms with van der Waals surface area (Å²) in [5.74, 6) is -13.1. The van der Waals surface area contributed by atoms with Crippen molar-refractivity contribution in [1.29, 1.82) is 0 Å². The highest BCUT2D eigenvalue weighted by molar-refractivity contribution is 8.76. The lowest BCUT2D eigenvalue weighted by Gasteiger charge is -2.28. The Bertz CT molecular complexity index is 3150. The van der Waals surface area contributed by atoms with E-state index in [0.29, 0.717) is 22.2 Å². The molecule has 0 radical (unpaired) electrons. The van der Waals surface area contributed by atoms with E-state index in [-0.39, 0.29) is 81.5 Å². The Morgan fingerprint density at radius 2 is 1.20 bits per heavy atom. The average Bonchev–Trinajstić information content (AvgIpc) is 4.03. The summed E-state index contributed by atoms with van der Waals surface area (Å²) in [4.78, 5) is 166. The van der Waals surface area contributed by atoms with Crippen molar-refractivity contribution >= 4 is 110 Å². The molecule has 2 aromatic heterocycles. The SMILES string of the molecule is CC(=O)N[C@H](CCCN=C(N)N)C(=O)N[C@H]1CSSC[C@@H](C(N)=O)NC(=O)[C@H](Cc2c[nH]c3ccccc23)NC(=O)[C@H](CCCN=C(N)N)NC(=O)[C@@H](Cc2ccccc2)NC(=O)[C@H](Cc2cnc[nH]2)NC(=O)[C@H](CCC(=O)O)NC1=O.O=C(O)C(F)(F)F. The zero-order valence-corrected chi connectivity index (χ0v) is 49.4. The first-order valence-electron chi connectivity index (χ1n) is 27.2. The number of halogens is 3. The Labute approximate surface area is 513 Å². The van der Waals surface area contributed by atoms with Gasteiger partial charge in [0, 0.05) is 86.2 Å². The lowest BCUT2D eigenvalue weighted by Crippen LogP contribution is -2.61. The van der Waals surface area contributed by atoms with Gasteiger partial charge in [0.1, 0.15) is 48.3 Å². The first-order chi connectivity index (χ1) is 42.1. The van der Waals surface area contributed by atoms with E-state index in [2.05, 4.69) is 67.5 Å². The largest absolute Gasteiger partial charge is 0.490 e. The molecule has 1 fully saturated rings. The predicted octanol–water partition coefficient (Wildman–Crippen LogP) is -2.70. The first-order valence-corrected chi connectivity index (χ1v) is 29.7. The van der Waals surface area contributed by atoms with E-state index in [1.54, 1.807) is 54.7 Å². The average molecular weight is 1290 g/mol. The number of alkyl halides is 3. The van der Waals surface area contributed by atoms with Crippen LogP contribution in [0.5, 0.6) is 0 Å². The third kappa shape index (κ3) is 25.7. The van der Waals surface area contributed by atoms with Crippen LogP contribution in [-0.2, 0) is 72.0 Å². The van der Waals surface area contributed by atoms with Gasteiger partial charge in [-0.3, -0.25) is 57.9 Å². The summed E-state index contributed by atoms with van der Waals surface area (Å²) in [7, 11) is 1.88. The molecule has 0 unspecified atom stereocenters. The second-order valence-corrected chi connectivity index (χ2v) is 22.4. The van der Waals surface area contributed by atoms with Gasteiger partial charge in [-0.15, -0.1) is 0 Å². The van der Waals surface area contributed by atoms with Gasteiger partial charge in [0.2, 0.25) is 53.2 Å². The maximum absolute atomic E-state index is 14.7. The number of primary amides is 1. The molecule has 0 saturated carbocycles. The molecule has 9 amide bonds. The number of rotatable bonds is 21. The van der Waals surface area contributed by atoms with E-state index in [1.165, 1.54) is 19.4 Å². The number of imidazole rings is 1. The summed E-state index contributed by atoms with van der Waals surface area (Å²) >= 11 is 0. The quantitative estimate of drug-likeness (QED) is 0.0175. The summed E-state index contributed by atoms with van der Waals surface area (Å²) < 4.78 is 31.7. The minimum Gasteiger partial charge on any atom is -0.481 e. The molecular weight excluding hydrogens is 1220 g/mol. The molecule has 1 saturated heterocycles. The zero-order valence-electron chi connectivity index (χ0n) is 47.8. The molecule has 4 aromatic rings. The van der Waals surface area contributed by atoms with Crippen LogP contribution in [0.1, 0.15) is 62.3 Å². The zero-order chi connectivity index (χ0) is 65.8. The number of carboxylic acid groups (broad SMARTS) is 2. The Morgan fingerprint density at radius 3 is 1.78 bits per heavy atom. The number of aromatic amines is 2. The van der Waals surface area contributed by atoms with Gasteiger partial charge < -0.3 is 91.4 Å². The number of benzene rings is 2. The first kappa shape index (κ1) is 71.9. The van der Waals surface area contributed by atoms with Crippen molar-refractivity contribution < 1.29 is 76.1 Å². The fourth-order valence-corrected chi connectivity index (χ4v) is 10.8. The predicted molar refractivity (Wildman–Crippen MR) is 320 cm³/mol. The number of nitrogens with one attached hydrogen (secondary N) is 10. The summed E-state index contributed by atoms with van der Waals surface area (Å²) in [6, 6.07) is 3.98. The van der Waals surface area contributed by atoms with Crippen LogP contribution in [0.4, 0.5) is 13.2 Å². The lowest BCUT2D eigenvalue weighted by molar-refractivity contribution is -0.192. The van der Waals surface area contributed by atoms with Crippen molar-refractivity contribution in [3.8, 4) is 0 Å². The normalized spacial score (nSPS) is 20.4. The van der Waals surface area contributed by atoms with Gasteiger partial charge in [0.25, 0.3) is 0 Å². The molecule has 1 aliphatic rings. The second kappa shape index (κ2) is 35.9. The van der Waals surface area contributed by atoms with E-state index < -0.39 is 132 Å². The van der Waals surface area contributed by atoms with E-state index >= 15 is 0 Å². The standard InChI is InChI=1S/C51H70N18O11S2.C2HF3O2/c1-27(70)62-33(13-7-17-58-50(53)54)43(74)69-40-25-82-81-24-39(42(52)73)68-47(78)37(20-29-22-60-32-12-6-5-11-31(29)32)66-44(75)34(14-8-18-59-51(55)56)63-46(77)36(19-28-9-3-2-4-10-28)65-48(79)38(21-30-23-57-26-61-30)67-45(76)35(64-49(40)80)15-16-41(71)72;3-2(4,5)1(6)7/h2-6,9-12,22-23,26,33-40,60H,7-8,13-21,24-25H2,1H3,(H2,52,73)(H,57,61)(H,62,70)(H,63,77)(H,64,80)(H,65,79)(H,66,75)(H,67,76)(H,68,78)(H,69,74)(H,71,72)(H4,53,54,58)(H4,55,56,59);(H,6,7)/t33-,34+,35+,36-,37+,38+,39+,40+;/m1./s1. The fraction of sp³-hybridized carbons (Fsp3) is 0.434. The van der Waals surface area contributed by atoms with Gasteiger partial charge in [-0.1, -0.05) is 70.1 Å². The number of nitrogens with two attached hydrogens (primary N) is 5. The van der Waals surface area contributed by atoms with E-state index in [0.717, 1.165) is 27.1 Å². The molecule has 0 aliphatic carbocycles. The van der Waals surface area contributed by atoms with Crippen molar-refractivity contribution in [2.45, 2.75) is 119 Å². The molecule has 89 heavy (non-hydrogen) atoms. The Balaban J connectivity index is 0.00000227. The number of aliphatic carboxylic acids is 2. The third-order valence-electron chi connectivity index (χ3n) is 12.8. The van der Waals surface area contributed by atoms with E-state index in [4.69, 9.17) is 38.6 Å². The molecule has 3 heterocycles. The van der Waals surface area contributed by atoms with Gasteiger partial charge >= 0.3 is 18.1 Å². The minimum absolute atomic E-state index is 0.00244. The van der Waals surface area contributed by atoms with Crippen LogP contribution in [0.3, 0.4) is 0 Å². The number of fused-ring (bicyclic) bond motifs is 1. The number of para-hydroxylation sites is 1. The van der Waals surface area contributed by atoms with Crippen molar-refractivity contribution in [3.63, 3.8) is 0 Å². The molecule has 484 valence electrons. The van der Waals surface area contributed by atoms with Gasteiger partial charge in [-0.05, 0) is 49.3 Å². The monoisotopic (exact) mass is 1290 g/mol. The summed E-state index contributed by atoms with van der Waals surface area (Å²) in [6.07, 6.45) is -2.28. The highest BCUT2D eigenvalue weighted by Crippen LogP contribution is 2.25. The van der Waals surface area contributed by atoms with Crippen molar-refractivity contribution in [2.24, 2.45) is 38.7 Å². The summed E-state index contributed by atoms with van der Waals surface area (Å²) in [5, 5.41) is 38.7. The maximum Gasteiger partial charge on any atom is 0.490 e. The molecular formula is C53H71F3N18O13S2. The molecule has 31 nitrogen and oxygen atoms in total. The molecule has 2 aromatic carbocycles. The lowest BCUT2D eigenvalue weighted by atomic mass is 10.0. The number of carbonyl (C=O) groups is 11. The van der Waals surface area contributed by atoms with Crippen molar-refractivity contribution in [2.75, 3.05) is 24.6 Å². The molecule has 5 rings (SSSR count). The van der Waals surface area contributed by atoms with Crippen LogP contribution < -0.4 is 71.2 Å². The number of H-pyrrole nitrogens is 2. The third-order valence-corrected chi connectivity index (χ3v) is 15.3. The molecule has 0 bridgehead atoms. The number of amides is 9. The molecule has 22 N–H and O–H groups in total. The summed E-state index contributed by atoms with van der Waals surface area (Å²) in [6.45, 7) is 1.28. The van der Waals surface area contributed by atoms with Crippen LogP contribution in [0.15, 0.2) is 83.3 Å². The Kier molecular flexibility index (Phi) is 29.0. The highest BCUT2D eigenvalue weighted by atomic mass is 33.1. The minimum atomic E-state index is -5.08. The molecule has 36 heteroatoms. The fourth-order valence-electron chi connectivity index (χ4n) is 8.46. The van der Waals surface area contributed by atoms with Crippen molar-refractivity contribution in [1.82, 2.24) is 57.5 Å². The second-order valence-electron chi connectivity index (χ2n) is 19.8. The van der Waals surface area contributed by atoms with Crippen LogP contribution >= 0.6 is 21.6 Å². The van der Waals surface area contributed by atoms with Crippen molar-refractivity contribution in [3.05, 3.63) is 90.1 Å². The van der Waals surface area contributed by atoms with Crippen LogP contribution in [0, 0.1) is 0 Å². The Morgan fingerprint density at radius 1 is 0.674 bits per heavy atom. The Hall–Kier alpha value is -9.61. The van der Waals surface area contributed by atoms with Gasteiger partial charge in [0.05, 0.1) is 6.33 Å². The van der Waals surface area contributed by atoms with Crippen LogP contribution in [-0.4, -0.2) is 181 Å². The molecule has 1 aliphatic heterocycles. The van der Waals surface area contributed by atoms with Gasteiger partial charge in [-0.2, -0.15) is 13.2 Å². The number of aliphatic imine (C=N–C) groups is 2. The number of hydrogen-bond acceptors (Lipinski definition) is 16. The van der Waals surface area contributed by atoms with E-state index in [1.807, 2.05) is 6.07 Å².